The Kier molecular flexibility index (Phi) is 6.86. The second kappa shape index (κ2) is 10.1. The van der Waals surface area contributed by atoms with E-state index in [1.807, 2.05) is 59.9 Å². The topological polar surface area (TPSA) is 57.7 Å². The molecule has 0 aliphatic carbocycles. The summed E-state index contributed by atoms with van der Waals surface area (Å²) in [6.07, 6.45) is 1.78. The number of benzene rings is 3. The molecular weight excluding hydrogens is 474 g/mol. The molecule has 0 bridgehead atoms. The summed E-state index contributed by atoms with van der Waals surface area (Å²) >= 11 is 0. The van der Waals surface area contributed by atoms with E-state index < -0.39 is 17.7 Å². The molecule has 194 valence electrons. The Hall–Kier alpha value is -3.88. The zero-order valence-corrected chi connectivity index (χ0v) is 22.9. The number of aromatic nitrogens is 1. The number of fused-ring (bicyclic) bond motifs is 1. The normalized spacial score (nSPS) is 13.5. The fourth-order valence-corrected chi connectivity index (χ4v) is 5.31. The maximum absolute atomic E-state index is 13.5. The Morgan fingerprint density at radius 3 is 2.71 bits per heavy atom. The van der Waals surface area contributed by atoms with Gasteiger partial charge < -0.3 is 14.2 Å². The lowest BCUT2D eigenvalue weighted by Gasteiger charge is -2.30. The standard InChI is InChI=1S/C33H33NO4/c1-7-9-21-10-11-24-23(19-21)18-20(3)27(31(32(35)36-8-2)38-33(4,5)6)29(24)25-12-13-26-28-22(15-17-37-26)14-16-34-30(25)28/h10-14,16,18-19,31H,8,15,17H2,1-6H3. The minimum atomic E-state index is -0.911. The minimum Gasteiger partial charge on any atom is -0.493 e. The number of hydrogen-bond acceptors (Lipinski definition) is 5. The monoisotopic (exact) mass is 507 g/mol. The van der Waals surface area contributed by atoms with Crippen molar-refractivity contribution in [3.05, 3.63) is 70.9 Å². The zero-order valence-electron chi connectivity index (χ0n) is 22.9. The molecule has 5 rings (SSSR count). The molecule has 0 amide bonds. The van der Waals surface area contributed by atoms with Gasteiger partial charge in [-0.15, -0.1) is 5.92 Å². The second-order valence-electron chi connectivity index (χ2n) is 10.6. The molecule has 0 saturated carbocycles. The predicted molar refractivity (Wildman–Crippen MR) is 151 cm³/mol. The lowest BCUT2D eigenvalue weighted by molar-refractivity contribution is -0.166. The SMILES string of the molecule is CC#Cc1ccc2c(-c3ccc4c5c(ccnc35)CCO4)c(C(OC(C)(C)C)C(=O)OCC)c(C)cc2c1. The van der Waals surface area contributed by atoms with Gasteiger partial charge in [0.05, 0.1) is 24.3 Å². The summed E-state index contributed by atoms with van der Waals surface area (Å²) in [5, 5.41) is 3.06. The van der Waals surface area contributed by atoms with Crippen LogP contribution in [0.1, 0.15) is 63.0 Å². The third-order valence-electron chi connectivity index (χ3n) is 6.73. The Morgan fingerprint density at radius 2 is 1.97 bits per heavy atom. The Labute approximate surface area is 224 Å². The average Bonchev–Trinajstić information content (AvgIpc) is 2.87. The summed E-state index contributed by atoms with van der Waals surface area (Å²) in [5.41, 5.74) is 6.00. The molecule has 1 atom stereocenters. The molecule has 0 saturated heterocycles. The van der Waals surface area contributed by atoms with Gasteiger partial charge >= 0.3 is 5.97 Å². The van der Waals surface area contributed by atoms with Crippen LogP contribution in [0.5, 0.6) is 5.75 Å². The first-order valence-electron chi connectivity index (χ1n) is 13.1. The highest BCUT2D eigenvalue weighted by atomic mass is 16.6. The van der Waals surface area contributed by atoms with Crippen LogP contribution in [0, 0.1) is 18.8 Å². The fourth-order valence-electron chi connectivity index (χ4n) is 5.31. The molecule has 0 N–H and O–H groups in total. The van der Waals surface area contributed by atoms with E-state index in [-0.39, 0.29) is 6.61 Å². The van der Waals surface area contributed by atoms with Crippen LogP contribution < -0.4 is 4.74 Å². The molecule has 2 heterocycles. The van der Waals surface area contributed by atoms with Gasteiger partial charge in [0.1, 0.15) is 5.75 Å². The van der Waals surface area contributed by atoms with Crippen molar-refractivity contribution in [3.63, 3.8) is 0 Å². The van der Waals surface area contributed by atoms with E-state index >= 15 is 0 Å². The number of ether oxygens (including phenoxy) is 3. The number of esters is 1. The Morgan fingerprint density at radius 1 is 1.16 bits per heavy atom. The van der Waals surface area contributed by atoms with Crippen LogP contribution in [0.15, 0.2) is 48.7 Å². The van der Waals surface area contributed by atoms with Gasteiger partial charge in [-0.2, -0.15) is 0 Å². The minimum absolute atomic E-state index is 0.268. The van der Waals surface area contributed by atoms with Crippen molar-refractivity contribution >= 4 is 27.6 Å². The van der Waals surface area contributed by atoms with Crippen LogP contribution >= 0.6 is 0 Å². The zero-order chi connectivity index (χ0) is 27.0. The number of hydrogen-bond donors (Lipinski definition) is 0. The van der Waals surface area contributed by atoms with E-state index in [9.17, 15) is 4.79 Å². The van der Waals surface area contributed by atoms with Crippen LogP contribution in [-0.2, 0) is 20.7 Å². The lowest BCUT2D eigenvalue weighted by atomic mass is 9.85. The fraction of sp³-hybridized carbons (Fsp3) is 0.333. The van der Waals surface area contributed by atoms with E-state index in [1.54, 1.807) is 0 Å². The summed E-state index contributed by atoms with van der Waals surface area (Å²) in [7, 11) is 0. The molecule has 1 unspecified atom stereocenters. The highest BCUT2D eigenvalue weighted by Crippen LogP contribution is 2.45. The van der Waals surface area contributed by atoms with Crippen LogP contribution in [0.25, 0.3) is 32.8 Å². The quantitative estimate of drug-likeness (QED) is 0.213. The third-order valence-corrected chi connectivity index (χ3v) is 6.73. The summed E-state index contributed by atoms with van der Waals surface area (Å²) in [5.74, 6) is 6.59. The molecule has 38 heavy (non-hydrogen) atoms. The molecule has 5 nitrogen and oxygen atoms in total. The van der Waals surface area contributed by atoms with Crippen LogP contribution in [-0.4, -0.2) is 29.8 Å². The van der Waals surface area contributed by atoms with Crippen LogP contribution in [0.4, 0.5) is 0 Å². The molecule has 0 fully saturated rings. The summed E-state index contributed by atoms with van der Waals surface area (Å²) in [6, 6.07) is 14.4. The largest absolute Gasteiger partial charge is 0.493 e. The average molecular weight is 508 g/mol. The summed E-state index contributed by atoms with van der Waals surface area (Å²) < 4.78 is 18.0. The van der Waals surface area contributed by atoms with E-state index in [1.165, 1.54) is 5.56 Å². The van der Waals surface area contributed by atoms with Crippen molar-refractivity contribution in [3.8, 4) is 28.7 Å². The number of rotatable bonds is 5. The van der Waals surface area contributed by atoms with Gasteiger partial charge in [-0.25, -0.2) is 4.79 Å². The molecule has 4 aromatic rings. The number of carbonyl (C=O) groups is 1. The van der Waals surface area contributed by atoms with Gasteiger partial charge in [-0.1, -0.05) is 18.1 Å². The number of nitrogens with zero attached hydrogens (tertiary/aromatic N) is 1. The predicted octanol–water partition coefficient (Wildman–Crippen LogP) is 7.09. The molecule has 0 radical (unpaired) electrons. The van der Waals surface area contributed by atoms with Crippen LogP contribution in [0.3, 0.4) is 0 Å². The molecular formula is C33H33NO4. The maximum atomic E-state index is 13.5. The maximum Gasteiger partial charge on any atom is 0.339 e. The first-order valence-corrected chi connectivity index (χ1v) is 13.1. The number of carbonyl (C=O) groups excluding carboxylic acids is 1. The van der Waals surface area contributed by atoms with Crippen LogP contribution in [0.2, 0.25) is 0 Å². The van der Waals surface area contributed by atoms with Gasteiger partial charge in [0.15, 0.2) is 6.10 Å². The van der Waals surface area contributed by atoms with Crippen molar-refractivity contribution in [1.29, 1.82) is 0 Å². The van der Waals surface area contributed by atoms with Crippen molar-refractivity contribution in [2.45, 2.75) is 59.7 Å². The molecule has 1 aliphatic rings. The summed E-state index contributed by atoms with van der Waals surface area (Å²) in [6.45, 7) is 12.4. The van der Waals surface area contributed by atoms with Crippen molar-refractivity contribution in [2.75, 3.05) is 13.2 Å². The Bertz CT molecular complexity index is 1610. The van der Waals surface area contributed by atoms with Gasteiger partial charge in [-0.3, -0.25) is 4.98 Å². The summed E-state index contributed by atoms with van der Waals surface area (Å²) in [4.78, 5) is 18.3. The van der Waals surface area contributed by atoms with E-state index in [4.69, 9.17) is 19.2 Å². The number of pyridine rings is 1. The lowest BCUT2D eigenvalue weighted by Crippen LogP contribution is -2.29. The third kappa shape index (κ3) is 4.73. The van der Waals surface area contributed by atoms with Gasteiger partial charge in [0, 0.05) is 34.7 Å². The molecule has 1 aromatic heterocycles. The van der Waals surface area contributed by atoms with Crippen molar-refractivity contribution in [2.24, 2.45) is 0 Å². The highest BCUT2D eigenvalue weighted by Gasteiger charge is 2.33. The Balaban J connectivity index is 1.90. The molecule has 3 aromatic carbocycles. The van der Waals surface area contributed by atoms with Crippen molar-refractivity contribution < 1.29 is 19.0 Å². The van der Waals surface area contributed by atoms with E-state index in [0.29, 0.717) is 6.61 Å². The number of aryl methyl sites for hydroxylation is 1. The smallest absolute Gasteiger partial charge is 0.339 e. The van der Waals surface area contributed by atoms with E-state index in [2.05, 4.69) is 42.2 Å². The molecule has 1 aliphatic heterocycles. The van der Waals surface area contributed by atoms with E-state index in [0.717, 1.165) is 61.7 Å². The first-order chi connectivity index (χ1) is 18.2. The first kappa shape index (κ1) is 25.8. The molecule has 5 heteroatoms. The second-order valence-corrected chi connectivity index (χ2v) is 10.6. The highest BCUT2D eigenvalue weighted by molar-refractivity contribution is 6.09. The molecule has 0 spiro atoms. The van der Waals surface area contributed by atoms with Crippen molar-refractivity contribution in [1.82, 2.24) is 4.98 Å². The van der Waals surface area contributed by atoms with Gasteiger partial charge in [0.25, 0.3) is 0 Å². The van der Waals surface area contributed by atoms with Gasteiger partial charge in [0.2, 0.25) is 0 Å². The van der Waals surface area contributed by atoms with Gasteiger partial charge in [-0.05, 0) is 99.3 Å².